The lowest BCUT2D eigenvalue weighted by molar-refractivity contribution is -0.130. The Balaban J connectivity index is 1.56. The first-order valence-electron chi connectivity index (χ1n) is 9.10. The second-order valence-corrected chi connectivity index (χ2v) is 6.88. The summed E-state index contributed by atoms with van der Waals surface area (Å²) in [4.78, 5) is 30.9. The number of primary amides is 1. The molecule has 0 spiro atoms. The van der Waals surface area contributed by atoms with Gasteiger partial charge >= 0.3 is 0 Å². The summed E-state index contributed by atoms with van der Waals surface area (Å²) in [6.45, 7) is 5.52. The van der Waals surface area contributed by atoms with Crippen LogP contribution in [0.3, 0.4) is 0 Å². The minimum Gasteiger partial charge on any atom is -0.367 e. The van der Waals surface area contributed by atoms with E-state index in [1.807, 2.05) is 17.3 Å². The molecule has 3 N–H and O–H groups in total. The van der Waals surface area contributed by atoms with Crippen LogP contribution in [0.1, 0.15) is 19.9 Å². The molecule has 1 unspecified atom stereocenters. The summed E-state index contributed by atoms with van der Waals surface area (Å²) in [5.41, 5.74) is 7.19. The zero-order valence-electron chi connectivity index (χ0n) is 15.7. The van der Waals surface area contributed by atoms with Gasteiger partial charge in [0.1, 0.15) is 17.2 Å². The molecule has 3 aromatic rings. The fourth-order valence-electron chi connectivity index (χ4n) is 3.11. The summed E-state index contributed by atoms with van der Waals surface area (Å²) in [7, 11) is 0. The molecule has 146 valence electrons. The van der Waals surface area contributed by atoms with Crippen LogP contribution in [0, 0.1) is 0 Å². The molecule has 10 heteroatoms. The molecule has 1 atom stereocenters. The van der Waals surface area contributed by atoms with Gasteiger partial charge in [0.15, 0.2) is 6.10 Å². The summed E-state index contributed by atoms with van der Waals surface area (Å²) in [6, 6.07) is 4.01. The topological polar surface area (TPSA) is 124 Å². The number of carbonyl (C=O) groups is 1. The van der Waals surface area contributed by atoms with Crippen LogP contribution in [0.15, 0.2) is 30.9 Å². The number of pyridine rings is 1. The molecule has 1 fully saturated rings. The third-order valence-corrected chi connectivity index (χ3v) is 4.58. The van der Waals surface area contributed by atoms with Crippen molar-refractivity contribution in [2.45, 2.75) is 26.0 Å². The molecule has 4 rings (SSSR count). The second-order valence-electron chi connectivity index (χ2n) is 6.88. The van der Waals surface area contributed by atoms with Crippen molar-refractivity contribution in [3.8, 4) is 0 Å². The lowest BCUT2D eigenvalue weighted by Gasteiger charge is -2.31. The van der Waals surface area contributed by atoms with Gasteiger partial charge < -0.3 is 25.3 Å². The van der Waals surface area contributed by atoms with Gasteiger partial charge in [-0.1, -0.05) is 0 Å². The number of amides is 1. The van der Waals surface area contributed by atoms with E-state index in [9.17, 15) is 4.79 Å². The molecule has 0 aromatic carbocycles. The maximum Gasteiger partial charge on any atom is 0.248 e. The number of carbonyl (C=O) groups excluding carboxylic acids is 1. The van der Waals surface area contributed by atoms with E-state index in [2.05, 4.69) is 43.7 Å². The minimum atomic E-state index is -0.658. The summed E-state index contributed by atoms with van der Waals surface area (Å²) >= 11 is 0. The summed E-state index contributed by atoms with van der Waals surface area (Å²) < 4.78 is 7.46. The Morgan fingerprint density at radius 3 is 2.96 bits per heavy atom. The van der Waals surface area contributed by atoms with Crippen molar-refractivity contribution >= 4 is 34.5 Å². The Labute approximate surface area is 161 Å². The minimum absolute atomic E-state index is 0.297. The van der Waals surface area contributed by atoms with Crippen molar-refractivity contribution in [3.63, 3.8) is 0 Å². The maximum absolute atomic E-state index is 11.4. The van der Waals surface area contributed by atoms with Crippen molar-refractivity contribution in [2.75, 3.05) is 29.9 Å². The van der Waals surface area contributed by atoms with Gasteiger partial charge in [-0.05, 0) is 19.9 Å². The predicted octanol–water partition coefficient (Wildman–Crippen LogP) is 1.24. The number of hydrogen-bond donors (Lipinski definition) is 2. The molecule has 10 nitrogen and oxygen atoms in total. The van der Waals surface area contributed by atoms with Crippen LogP contribution in [-0.4, -0.2) is 56.2 Å². The number of nitrogens with two attached hydrogens (primary N) is 1. The molecule has 3 aromatic heterocycles. The van der Waals surface area contributed by atoms with E-state index >= 15 is 0 Å². The molecule has 0 saturated carbocycles. The Kier molecular flexibility index (Phi) is 4.78. The van der Waals surface area contributed by atoms with Crippen molar-refractivity contribution in [1.82, 2.24) is 24.5 Å². The Morgan fingerprint density at radius 2 is 2.18 bits per heavy atom. The molecular weight excluding hydrogens is 360 g/mol. The average Bonchev–Trinajstić information content (AvgIpc) is 3.12. The van der Waals surface area contributed by atoms with Gasteiger partial charge in [0.25, 0.3) is 0 Å². The van der Waals surface area contributed by atoms with Crippen LogP contribution in [0.4, 0.5) is 17.6 Å². The van der Waals surface area contributed by atoms with Crippen LogP contribution in [0.5, 0.6) is 0 Å². The van der Waals surface area contributed by atoms with Gasteiger partial charge in [-0.2, -0.15) is 4.98 Å². The number of imidazole rings is 1. The molecule has 1 amide bonds. The molecule has 1 saturated heterocycles. The summed E-state index contributed by atoms with van der Waals surface area (Å²) in [6.07, 6.45) is 4.56. The second kappa shape index (κ2) is 7.39. The number of morpholine rings is 1. The van der Waals surface area contributed by atoms with E-state index in [1.54, 1.807) is 18.5 Å². The monoisotopic (exact) mass is 382 g/mol. The summed E-state index contributed by atoms with van der Waals surface area (Å²) in [5.74, 6) is 1.29. The normalized spacial score (nSPS) is 17.2. The lowest BCUT2D eigenvalue weighted by atomic mass is 10.2. The van der Waals surface area contributed by atoms with E-state index in [0.29, 0.717) is 43.3 Å². The number of fused-ring (bicyclic) bond motifs is 1. The summed E-state index contributed by atoms with van der Waals surface area (Å²) in [5, 5.41) is 3.21. The van der Waals surface area contributed by atoms with Gasteiger partial charge in [-0.25, -0.2) is 15.0 Å². The number of anilines is 3. The van der Waals surface area contributed by atoms with Gasteiger partial charge in [0, 0.05) is 24.8 Å². The predicted molar refractivity (Wildman–Crippen MR) is 104 cm³/mol. The smallest absolute Gasteiger partial charge is 0.248 e. The third-order valence-electron chi connectivity index (χ3n) is 4.58. The van der Waals surface area contributed by atoms with Gasteiger partial charge in [0.2, 0.25) is 11.9 Å². The fourth-order valence-corrected chi connectivity index (χ4v) is 3.11. The lowest BCUT2D eigenvalue weighted by Crippen LogP contribution is -2.49. The molecule has 1 aliphatic heterocycles. The number of nitrogens with zero attached hydrogens (tertiary/aromatic N) is 6. The highest BCUT2D eigenvalue weighted by Gasteiger charge is 2.26. The highest BCUT2D eigenvalue weighted by Crippen LogP contribution is 2.22. The largest absolute Gasteiger partial charge is 0.367 e. The zero-order chi connectivity index (χ0) is 19.7. The van der Waals surface area contributed by atoms with E-state index in [-0.39, 0.29) is 0 Å². The Hall–Kier alpha value is -3.27. The standard InChI is InChI=1S/C18H22N8O2/c1-11(2)26-10-22-12-8-21-16(7-13(12)26)23-15-3-4-20-18(24-15)25-5-6-28-14(9-25)17(19)27/h3-4,7-8,10-11,14H,5-6,9H2,1-2H3,(H2,19,27)(H,20,21,23,24). The molecule has 1 aliphatic rings. The van der Waals surface area contributed by atoms with Crippen molar-refractivity contribution in [3.05, 3.63) is 30.9 Å². The Bertz CT molecular complexity index is 1000. The van der Waals surface area contributed by atoms with Gasteiger partial charge in [-0.15, -0.1) is 0 Å². The van der Waals surface area contributed by atoms with Crippen LogP contribution in [0.2, 0.25) is 0 Å². The number of nitrogens with one attached hydrogen (secondary N) is 1. The van der Waals surface area contributed by atoms with Gasteiger partial charge in [0.05, 0.1) is 31.2 Å². The van der Waals surface area contributed by atoms with E-state index in [0.717, 1.165) is 11.0 Å². The van der Waals surface area contributed by atoms with Crippen LogP contribution in [0.25, 0.3) is 11.0 Å². The average molecular weight is 382 g/mol. The molecule has 0 bridgehead atoms. The highest BCUT2D eigenvalue weighted by molar-refractivity contribution is 5.80. The van der Waals surface area contributed by atoms with Crippen molar-refractivity contribution in [2.24, 2.45) is 5.73 Å². The van der Waals surface area contributed by atoms with Crippen molar-refractivity contribution < 1.29 is 9.53 Å². The van der Waals surface area contributed by atoms with E-state index in [4.69, 9.17) is 10.5 Å². The third kappa shape index (κ3) is 3.58. The molecule has 28 heavy (non-hydrogen) atoms. The van der Waals surface area contributed by atoms with Crippen LogP contribution < -0.4 is 16.0 Å². The molecular formula is C18H22N8O2. The molecule has 4 heterocycles. The molecule has 0 radical (unpaired) electrons. The van der Waals surface area contributed by atoms with Crippen LogP contribution in [-0.2, 0) is 9.53 Å². The van der Waals surface area contributed by atoms with Gasteiger partial charge in [-0.3, -0.25) is 4.79 Å². The maximum atomic E-state index is 11.4. The first-order valence-corrected chi connectivity index (χ1v) is 9.10. The Morgan fingerprint density at radius 1 is 1.32 bits per heavy atom. The number of hydrogen-bond acceptors (Lipinski definition) is 8. The SMILES string of the molecule is CC(C)n1cnc2cnc(Nc3ccnc(N4CCOC(C(N)=O)C4)n3)cc21. The fraction of sp³-hybridized carbons (Fsp3) is 0.389. The number of rotatable bonds is 5. The first-order chi connectivity index (χ1) is 13.5. The van der Waals surface area contributed by atoms with E-state index < -0.39 is 12.0 Å². The van der Waals surface area contributed by atoms with E-state index in [1.165, 1.54) is 0 Å². The quantitative estimate of drug-likeness (QED) is 0.675. The number of aromatic nitrogens is 5. The first kappa shape index (κ1) is 18.1. The molecule has 0 aliphatic carbocycles. The highest BCUT2D eigenvalue weighted by atomic mass is 16.5. The van der Waals surface area contributed by atoms with Crippen LogP contribution >= 0.6 is 0 Å². The zero-order valence-corrected chi connectivity index (χ0v) is 15.7. The number of ether oxygens (including phenoxy) is 1. The van der Waals surface area contributed by atoms with Crippen molar-refractivity contribution in [1.29, 1.82) is 0 Å².